The maximum absolute atomic E-state index is 12.0. The summed E-state index contributed by atoms with van der Waals surface area (Å²) in [6.07, 6.45) is 7.25. The Morgan fingerprint density at radius 1 is 1.33 bits per heavy atom. The highest BCUT2D eigenvalue weighted by Crippen LogP contribution is 2.42. The molecule has 2 fully saturated rings. The summed E-state index contributed by atoms with van der Waals surface area (Å²) < 4.78 is 5.52. The van der Waals surface area contributed by atoms with E-state index in [-0.39, 0.29) is 17.6 Å². The first-order valence-corrected chi connectivity index (χ1v) is 8.84. The first-order chi connectivity index (χ1) is 10.3. The van der Waals surface area contributed by atoms with E-state index in [1.807, 2.05) is 11.3 Å². The Balaban J connectivity index is 1.49. The molecule has 0 radical (unpaired) electrons. The zero-order valence-electron chi connectivity index (χ0n) is 12.4. The van der Waals surface area contributed by atoms with Crippen LogP contribution in [0.15, 0.2) is 17.5 Å². The van der Waals surface area contributed by atoms with Crippen molar-refractivity contribution in [1.82, 2.24) is 10.6 Å². The normalized spacial score (nSPS) is 24.1. The minimum atomic E-state index is -0.0617. The molecule has 1 saturated carbocycles. The van der Waals surface area contributed by atoms with Crippen LogP contribution in [0.1, 0.15) is 43.4 Å². The van der Waals surface area contributed by atoms with E-state index in [1.54, 1.807) is 0 Å². The Morgan fingerprint density at radius 2 is 2.19 bits per heavy atom. The van der Waals surface area contributed by atoms with Gasteiger partial charge in [-0.15, -0.1) is 11.3 Å². The maximum atomic E-state index is 12.0. The zero-order chi connectivity index (χ0) is 14.5. The third-order valence-corrected chi connectivity index (χ3v) is 5.82. The molecule has 1 unspecified atom stereocenters. The smallest absolute Gasteiger partial charge is 0.314 e. The minimum absolute atomic E-state index is 0.0617. The molecule has 5 heteroatoms. The number of nitrogens with one attached hydrogen (secondary N) is 2. The molecule has 0 spiro atoms. The lowest BCUT2D eigenvalue weighted by atomic mass is 9.84. The Morgan fingerprint density at radius 3 is 2.86 bits per heavy atom. The van der Waals surface area contributed by atoms with Crippen LogP contribution < -0.4 is 10.6 Å². The number of hydrogen-bond donors (Lipinski definition) is 2. The molecule has 116 valence electrons. The topological polar surface area (TPSA) is 50.4 Å². The second kappa shape index (κ2) is 6.79. The van der Waals surface area contributed by atoms with Gasteiger partial charge in [0, 0.05) is 30.0 Å². The molecule has 1 saturated heterocycles. The van der Waals surface area contributed by atoms with Crippen molar-refractivity contribution < 1.29 is 9.53 Å². The summed E-state index contributed by atoms with van der Waals surface area (Å²) >= 11 is 1.81. The number of ether oxygens (including phenoxy) is 1. The van der Waals surface area contributed by atoms with Crippen molar-refractivity contribution >= 4 is 17.4 Å². The van der Waals surface area contributed by atoms with Gasteiger partial charge >= 0.3 is 6.03 Å². The second-order valence-electron chi connectivity index (χ2n) is 6.16. The van der Waals surface area contributed by atoms with Gasteiger partial charge in [0.15, 0.2) is 0 Å². The summed E-state index contributed by atoms with van der Waals surface area (Å²) in [7, 11) is 0. The molecule has 1 aromatic heterocycles. The van der Waals surface area contributed by atoms with Crippen LogP contribution in [0.2, 0.25) is 0 Å². The molecular formula is C16H24N2O2S. The number of rotatable bonds is 5. The van der Waals surface area contributed by atoms with E-state index in [0.29, 0.717) is 6.54 Å². The number of carbonyl (C=O) groups excluding carboxylic acids is 1. The summed E-state index contributed by atoms with van der Waals surface area (Å²) in [6, 6.07) is 4.26. The third-order valence-electron chi connectivity index (χ3n) is 4.71. The molecule has 1 aromatic rings. The fraction of sp³-hybridized carbons (Fsp3) is 0.688. The quantitative estimate of drug-likeness (QED) is 0.878. The van der Waals surface area contributed by atoms with Crippen molar-refractivity contribution in [3.05, 3.63) is 22.4 Å². The number of carbonyl (C=O) groups is 1. The molecule has 4 nitrogen and oxygen atoms in total. The average Bonchev–Trinajstić information content (AvgIpc) is 3.25. The van der Waals surface area contributed by atoms with Gasteiger partial charge in [-0.25, -0.2) is 4.79 Å². The van der Waals surface area contributed by atoms with Crippen LogP contribution in [0.5, 0.6) is 0 Å². The van der Waals surface area contributed by atoms with Crippen LogP contribution in [0.25, 0.3) is 0 Å². The number of thiophene rings is 1. The summed E-state index contributed by atoms with van der Waals surface area (Å²) in [6.45, 7) is 2.19. The van der Waals surface area contributed by atoms with E-state index in [0.717, 1.165) is 26.0 Å². The molecule has 1 atom stereocenters. The second-order valence-corrected chi connectivity index (χ2v) is 7.11. The van der Waals surface area contributed by atoms with Crippen molar-refractivity contribution in [3.63, 3.8) is 0 Å². The van der Waals surface area contributed by atoms with E-state index in [1.165, 1.54) is 30.6 Å². The molecule has 2 aliphatic rings. The summed E-state index contributed by atoms with van der Waals surface area (Å²) in [5.41, 5.74) is 0.162. The molecule has 3 rings (SSSR count). The van der Waals surface area contributed by atoms with Crippen LogP contribution in [0.4, 0.5) is 4.79 Å². The van der Waals surface area contributed by atoms with Crippen molar-refractivity contribution in [3.8, 4) is 0 Å². The Hall–Kier alpha value is -1.07. The Labute approximate surface area is 130 Å². The standard InChI is InChI=1S/C16H24N2O2S/c19-15(17-11-13-5-3-9-20-13)18-12-16(7-1-2-8-16)14-6-4-10-21-14/h4,6,10,13H,1-3,5,7-9,11-12H2,(H2,17,18,19). The third kappa shape index (κ3) is 3.58. The molecular weight excluding hydrogens is 284 g/mol. The number of amides is 2. The first-order valence-electron chi connectivity index (χ1n) is 7.96. The summed E-state index contributed by atoms with van der Waals surface area (Å²) in [5, 5.41) is 8.15. The van der Waals surface area contributed by atoms with Crippen LogP contribution in [-0.2, 0) is 10.2 Å². The molecule has 1 aliphatic heterocycles. The Kier molecular flexibility index (Phi) is 4.80. The van der Waals surface area contributed by atoms with Gasteiger partial charge in [0.2, 0.25) is 0 Å². The van der Waals surface area contributed by atoms with Gasteiger partial charge in [-0.05, 0) is 37.1 Å². The largest absolute Gasteiger partial charge is 0.376 e. The fourth-order valence-electron chi connectivity index (χ4n) is 3.47. The van der Waals surface area contributed by atoms with Crippen LogP contribution in [0.3, 0.4) is 0 Å². The SMILES string of the molecule is O=C(NCC1CCCO1)NCC1(c2cccs2)CCCC1. The van der Waals surface area contributed by atoms with Gasteiger partial charge < -0.3 is 15.4 Å². The van der Waals surface area contributed by atoms with Crippen molar-refractivity contribution in [2.75, 3.05) is 19.7 Å². The monoisotopic (exact) mass is 308 g/mol. The highest BCUT2D eigenvalue weighted by Gasteiger charge is 2.36. The predicted molar refractivity (Wildman–Crippen MR) is 84.8 cm³/mol. The van der Waals surface area contributed by atoms with Crippen molar-refractivity contribution in [2.24, 2.45) is 0 Å². The minimum Gasteiger partial charge on any atom is -0.376 e. The van der Waals surface area contributed by atoms with Crippen LogP contribution >= 0.6 is 11.3 Å². The highest BCUT2D eigenvalue weighted by molar-refractivity contribution is 7.10. The van der Waals surface area contributed by atoms with E-state index in [4.69, 9.17) is 4.74 Å². The van der Waals surface area contributed by atoms with E-state index in [2.05, 4.69) is 28.1 Å². The van der Waals surface area contributed by atoms with Crippen molar-refractivity contribution in [2.45, 2.75) is 50.0 Å². The molecule has 2 heterocycles. The van der Waals surface area contributed by atoms with Gasteiger partial charge in [0.1, 0.15) is 0 Å². The van der Waals surface area contributed by atoms with E-state index < -0.39 is 0 Å². The van der Waals surface area contributed by atoms with Gasteiger partial charge in [-0.1, -0.05) is 18.9 Å². The molecule has 2 amide bonds. The van der Waals surface area contributed by atoms with Crippen LogP contribution in [-0.4, -0.2) is 31.8 Å². The predicted octanol–water partition coefficient (Wildman–Crippen LogP) is 3.04. The van der Waals surface area contributed by atoms with Crippen LogP contribution in [0, 0.1) is 0 Å². The number of hydrogen-bond acceptors (Lipinski definition) is 3. The molecule has 2 N–H and O–H groups in total. The van der Waals surface area contributed by atoms with Gasteiger partial charge in [-0.2, -0.15) is 0 Å². The summed E-state index contributed by atoms with van der Waals surface area (Å²) in [4.78, 5) is 13.4. The average molecular weight is 308 g/mol. The lowest BCUT2D eigenvalue weighted by Gasteiger charge is -2.28. The highest BCUT2D eigenvalue weighted by atomic mass is 32.1. The lowest BCUT2D eigenvalue weighted by molar-refractivity contribution is 0.111. The fourth-order valence-corrected chi connectivity index (χ4v) is 4.45. The molecule has 0 aromatic carbocycles. The zero-order valence-corrected chi connectivity index (χ0v) is 13.2. The molecule has 21 heavy (non-hydrogen) atoms. The van der Waals surface area contributed by atoms with Gasteiger partial charge in [-0.3, -0.25) is 0 Å². The first kappa shape index (κ1) is 14.9. The molecule has 0 bridgehead atoms. The number of urea groups is 1. The summed E-state index contributed by atoms with van der Waals surface area (Å²) in [5.74, 6) is 0. The maximum Gasteiger partial charge on any atom is 0.314 e. The van der Waals surface area contributed by atoms with Gasteiger partial charge in [0.05, 0.1) is 6.10 Å². The van der Waals surface area contributed by atoms with Gasteiger partial charge in [0.25, 0.3) is 0 Å². The Bertz CT molecular complexity index is 449. The van der Waals surface area contributed by atoms with E-state index >= 15 is 0 Å². The lowest BCUT2D eigenvalue weighted by Crippen LogP contribution is -2.45. The van der Waals surface area contributed by atoms with E-state index in [9.17, 15) is 4.79 Å². The molecule has 1 aliphatic carbocycles. The van der Waals surface area contributed by atoms with Crippen molar-refractivity contribution in [1.29, 1.82) is 0 Å².